The quantitative estimate of drug-likeness (QED) is 0.273. The molecule has 0 bridgehead atoms. The van der Waals surface area contributed by atoms with E-state index in [-0.39, 0.29) is 24.0 Å². The van der Waals surface area contributed by atoms with Crippen LogP contribution in [0.2, 0.25) is 0 Å². The van der Waals surface area contributed by atoms with Gasteiger partial charge in [0.2, 0.25) is 0 Å². The van der Waals surface area contributed by atoms with Gasteiger partial charge in [-0.15, -0.1) is 35.3 Å². The van der Waals surface area contributed by atoms with Gasteiger partial charge in [-0.05, 0) is 5.92 Å². The number of thiazole rings is 1. The van der Waals surface area contributed by atoms with Crippen molar-refractivity contribution in [2.24, 2.45) is 10.9 Å². The Bertz CT molecular complexity index is 634. The molecule has 6 nitrogen and oxygen atoms in total. The summed E-state index contributed by atoms with van der Waals surface area (Å²) in [6.07, 6.45) is -1.75. The lowest BCUT2D eigenvalue weighted by atomic mass is 9.92. The molecule has 11 heteroatoms. The summed E-state index contributed by atoms with van der Waals surface area (Å²) < 4.78 is 43.4. The third-order valence-corrected chi connectivity index (χ3v) is 6.19. The number of morpholine rings is 1. The fraction of sp³-hybridized carbons (Fsp3) is 0.789. The van der Waals surface area contributed by atoms with Crippen molar-refractivity contribution in [1.29, 1.82) is 0 Å². The number of hydrogen-bond donors (Lipinski definition) is 2. The van der Waals surface area contributed by atoms with Crippen LogP contribution in [0, 0.1) is 5.92 Å². The van der Waals surface area contributed by atoms with Gasteiger partial charge in [-0.3, -0.25) is 9.89 Å². The van der Waals surface area contributed by atoms with E-state index < -0.39 is 11.9 Å². The maximum absolute atomic E-state index is 12.6. The van der Waals surface area contributed by atoms with Crippen molar-refractivity contribution >= 4 is 41.3 Å². The van der Waals surface area contributed by atoms with Crippen LogP contribution in [-0.4, -0.2) is 68.3 Å². The highest BCUT2D eigenvalue weighted by molar-refractivity contribution is 14.0. The van der Waals surface area contributed by atoms with Gasteiger partial charge in [0.1, 0.15) is 0 Å². The van der Waals surface area contributed by atoms with E-state index >= 15 is 0 Å². The minimum Gasteiger partial charge on any atom is -0.379 e. The molecule has 0 aliphatic carbocycles. The summed E-state index contributed by atoms with van der Waals surface area (Å²) in [6.45, 7) is 9.06. The van der Waals surface area contributed by atoms with Crippen molar-refractivity contribution in [3.05, 3.63) is 16.1 Å². The first-order valence-corrected chi connectivity index (χ1v) is 11.0. The third kappa shape index (κ3) is 8.46. The fourth-order valence-electron chi connectivity index (χ4n) is 3.60. The van der Waals surface area contributed by atoms with Crippen molar-refractivity contribution in [2.45, 2.75) is 45.3 Å². The molecule has 2 N–H and O–H groups in total. The molecule has 30 heavy (non-hydrogen) atoms. The Morgan fingerprint density at radius 1 is 1.27 bits per heavy atom. The molecule has 0 aromatic carbocycles. The minimum absolute atomic E-state index is 0. The van der Waals surface area contributed by atoms with Gasteiger partial charge in [0.15, 0.2) is 11.7 Å². The van der Waals surface area contributed by atoms with Gasteiger partial charge in [-0.2, -0.15) is 13.2 Å². The van der Waals surface area contributed by atoms with Gasteiger partial charge in [-0.1, -0.05) is 26.7 Å². The van der Waals surface area contributed by atoms with Crippen LogP contribution in [0.1, 0.15) is 37.4 Å². The molecule has 1 aromatic rings. The average molecular weight is 563 g/mol. The standard InChI is InChI=1S/C19H32F3N5OS.HI/c1-4-14(5-2)15(27-8-10-28-11-9-27)12-25-18(23-3)24-7-6-17-26-16(13-29-17)19(20,21)22;/h13-15H,4-12H2,1-3H3,(H2,23,24,25);1H. The van der Waals surface area contributed by atoms with E-state index in [0.29, 0.717) is 35.9 Å². The highest BCUT2D eigenvalue weighted by Crippen LogP contribution is 2.30. The number of nitrogens with one attached hydrogen (secondary N) is 2. The number of guanidine groups is 1. The van der Waals surface area contributed by atoms with E-state index in [9.17, 15) is 13.2 Å². The van der Waals surface area contributed by atoms with Gasteiger partial charge in [0.05, 0.1) is 18.2 Å². The number of rotatable bonds is 9. The second-order valence-electron chi connectivity index (χ2n) is 7.05. The molecule has 1 unspecified atom stereocenters. The van der Waals surface area contributed by atoms with E-state index in [4.69, 9.17) is 4.74 Å². The SMILES string of the molecule is CCC(CC)C(CNC(=NC)NCCc1nc(C(F)(F)F)cs1)N1CCOCC1.I. The Morgan fingerprint density at radius 3 is 2.47 bits per heavy atom. The van der Waals surface area contributed by atoms with Crippen molar-refractivity contribution in [1.82, 2.24) is 20.5 Å². The lowest BCUT2D eigenvalue weighted by Crippen LogP contribution is -2.53. The Labute approximate surface area is 198 Å². The zero-order valence-corrected chi connectivity index (χ0v) is 20.9. The highest BCUT2D eigenvalue weighted by atomic mass is 127. The molecule has 0 spiro atoms. The second kappa shape index (κ2) is 13.7. The molecule has 2 heterocycles. The highest BCUT2D eigenvalue weighted by Gasteiger charge is 2.33. The molecule has 1 atom stereocenters. The summed E-state index contributed by atoms with van der Waals surface area (Å²) in [5.41, 5.74) is -0.821. The summed E-state index contributed by atoms with van der Waals surface area (Å²) in [6, 6.07) is 0.390. The number of halogens is 4. The number of nitrogens with zero attached hydrogens (tertiary/aromatic N) is 3. The Hall–Kier alpha value is -0.660. The topological polar surface area (TPSA) is 61.8 Å². The maximum Gasteiger partial charge on any atom is 0.434 e. The smallest absolute Gasteiger partial charge is 0.379 e. The summed E-state index contributed by atoms with van der Waals surface area (Å²) in [5, 5.41) is 8.09. The van der Waals surface area contributed by atoms with Crippen LogP contribution in [0.4, 0.5) is 13.2 Å². The first-order chi connectivity index (χ1) is 13.9. The molecule has 1 aliphatic heterocycles. The van der Waals surface area contributed by atoms with Crippen molar-refractivity contribution in [2.75, 3.05) is 46.4 Å². The van der Waals surface area contributed by atoms with Crippen molar-refractivity contribution < 1.29 is 17.9 Å². The maximum atomic E-state index is 12.6. The van der Waals surface area contributed by atoms with Crippen LogP contribution >= 0.6 is 35.3 Å². The Kier molecular flexibility index (Phi) is 12.5. The number of hydrogen-bond acceptors (Lipinski definition) is 5. The van der Waals surface area contributed by atoms with E-state index in [2.05, 4.69) is 39.4 Å². The lowest BCUT2D eigenvalue weighted by Gasteiger charge is -2.39. The first-order valence-electron chi connectivity index (χ1n) is 10.2. The lowest BCUT2D eigenvalue weighted by molar-refractivity contribution is -0.140. The third-order valence-electron chi connectivity index (χ3n) is 5.28. The predicted molar refractivity (Wildman–Crippen MR) is 126 cm³/mol. The fourth-order valence-corrected chi connectivity index (χ4v) is 4.41. The molecule has 1 aliphatic rings. The summed E-state index contributed by atoms with van der Waals surface area (Å²) in [7, 11) is 1.70. The van der Waals surface area contributed by atoms with Gasteiger partial charge in [0.25, 0.3) is 0 Å². The van der Waals surface area contributed by atoms with Gasteiger partial charge in [0, 0.05) is 51.1 Å². The Morgan fingerprint density at radius 2 is 1.93 bits per heavy atom. The van der Waals surface area contributed by atoms with E-state index in [1.165, 1.54) is 0 Å². The van der Waals surface area contributed by atoms with Gasteiger partial charge < -0.3 is 15.4 Å². The number of ether oxygens (including phenoxy) is 1. The van der Waals surface area contributed by atoms with E-state index in [1.54, 1.807) is 7.05 Å². The van der Waals surface area contributed by atoms with E-state index in [0.717, 1.165) is 62.4 Å². The predicted octanol–water partition coefficient (Wildman–Crippen LogP) is 3.62. The average Bonchev–Trinajstić information content (AvgIpc) is 3.20. The summed E-state index contributed by atoms with van der Waals surface area (Å²) >= 11 is 1.03. The summed E-state index contributed by atoms with van der Waals surface area (Å²) in [5.74, 6) is 1.23. The van der Waals surface area contributed by atoms with Crippen LogP contribution < -0.4 is 10.6 Å². The molecule has 0 saturated carbocycles. The van der Waals surface area contributed by atoms with Gasteiger partial charge in [-0.25, -0.2) is 4.98 Å². The number of aromatic nitrogens is 1. The molecule has 1 saturated heterocycles. The molecule has 1 aromatic heterocycles. The second-order valence-corrected chi connectivity index (χ2v) is 7.99. The molecule has 1 fully saturated rings. The van der Waals surface area contributed by atoms with Crippen molar-refractivity contribution in [3.63, 3.8) is 0 Å². The molecular weight excluding hydrogens is 530 g/mol. The van der Waals surface area contributed by atoms with Gasteiger partial charge >= 0.3 is 6.18 Å². The molecule has 174 valence electrons. The monoisotopic (exact) mass is 563 g/mol. The molecule has 0 amide bonds. The molecular formula is C19H33F3IN5OS. The zero-order chi connectivity index (χ0) is 21.3. The van der Waals surface area contributed by atoms with Crippen molar-refractivity contribution in [3.8, 4) is 0 Å². The van der Waals surface area contributed by atoms with Crippen LogP contribution in [0.3, 0.4) is 0 Å². The number of alkyl halides is 3. The van der Waals surface area contributed by atoms with Crippen LogP contribution in [0.5, 0.6) is 0 Å². The normalized spacial score (nSPS) is 17.0. The zero-order valence-electron chi connectivity index (χ0n) is 17.8. The Balaban J connectivity index is 0.00000450. The first kappa shape index (κ1) is 27.4. The largest absolute Gasteiger partial charge is 0.434 e. The minimum atomic E-state index is -4.39. The van der Waals surface area contributed by atoms with Crippen LogP contribution in [0.15, 0.2) is 10.4 Å². The van der Waals surface area contributed by atoms with Crippen LogP contribution in [0.25, 0.3) is 0 Å². The van der Waals surface area contributed by atoms with E-state index in [1.807, 2.05) is 0 Å². The molecule has 0 radical (unpaired) electrons. The van der Waals surface area contributed by atoms with Crippen LogP contribution in [-0.2, 0) is 17.3 Å². The summed E-state index contributed by atoms with van der Waals surface area (Å²) in [4.78, 5) is 10.4. The molecule has 2 rings (SSSR count). The number of aliphatic imine (C=N–C) groups is 1.